The number of rotatable bonds is 18. The second-order valence-corrected chi connectivity index (χ2v) is 11.7. The van der Waals surface area contributed by atoms with Crippen LogP contribution in [0.25, 0.3) is 0 Å². The number of nitrogens with one attached hydrogen (secondary N) is 4. The Hall–Kier alpha value is -2.98. The minimum atomic E-state index is -1.14. The Bertz CT molecular complexity index is 951. The lowest BCUT2D eigenvalue weighted by atomic mass is 9.93. The van der Waals surface area contributed by atoms with Crippen molar-refractivity contribution >= 4 is 23.7 Å². The summed E-state index contributed by atoms with van der Waals surface area (Å²) in [5, 5.41) is 21.3. The molecule has 10 heteroatoms. The zero-order valence-corrected chi connectivity index (χ0v) is 25.0. The fraction of sp³-hybridized carbons (Fsp3) is 0.677. The minimum absolute atomic E-state index is 0.175. The van der Waals surface area contributed by atoms with Gasteiger partial charge in [-0.3, -0.25) is 14.4 Å². The maximum atomic E-state index is 13.3. The van der Waals surface area contributed by atoms with Crippen LogP contribution in [-0.4, -0.2) is 65.6 Å². The molecule has 0 bridgehead atoms. The average Bonchev–Trinajstić information content (AvgIpc) is 2.95. The van der Waals surface area contributed by atoms with Gasteiger partial charge in [0, 0.05) is 12.5 Å². The van der Waals surface area contributed by atoms with Gasteiger partial charge in [-0.25, -0.2) is 4.79 Å². The molecule has 0 radical (unpaired) electrons. The lowest BCUT2D eigenvalue weighted by molar-refractivity contribution is -0.142. The maximum absolute atomic E-state index is 13.3. The highest BCUT2D eigenvalue weighted by Crippen LogP contribution is 2.19. The summed E-state index contributed by atoms with van der Waals surface area (Å²) in [6.07, 6.45) is 8.78. The smallest absolute Gasteiger partial charge is 0.326 e. The summed E-state index contributed by atoms with van der Waals surface area (Å²) in [7, 11) is 0. The van der Waals surface area contributed by atoms with Crippen molar-refractivity contribution in [3.8, 4) is 0 Å². The number of hydrogen-bond acceptors (Lipinski definition) is 6. The Kier molecular flexibility index (Phi) is 15.4. The fourth-order valence-corrected chi connectivity index (χ4v) is 5.10. The minimum Gasteiger partial charge on any atom is -0.480 e. The van der Waals surface area contributed by atoms with E-state index in [0.717, 1.165) is 37.7 Å². The van der Waals surface area contributed by atoms with Crippen LogP contribution < -0.4 is 27.0 Å². The molecule has 3 amide bonds. The standard InChI is InChI=1S/C31H51N5O5/c1-21(2)17-18-25(34-24-14-8-5-9-15-24)29(38)33-22(3)28(37)36-27(20-23-12-6-4-7-13-23)30(39)35-26(31(40)41)16-10-11-19-32/h4,6-7,12-13,21-22,24-27,34H,5,8-11,14-20,32H2,1-3H3,(H,33,38)(H,35,39)(H,36,37)(H,40,41)/t22-,25-,26-,27-/m0/s1. The molecule has 10 nitrogen and oxygen atoms in total. The predicted molar refractivity (Wildman–Crippen MR) is 160 cm³/mol. The molecular weight excluding hydrogens is 522 g/mol. The van der Waals surface area contributed by atoms with Gasteiger partial charge in [-0.15, -0.1) is 0 Å². The van der Waals surface area contributed by atoms with E-state index in [4.69, 9.17) is 5.73 Å². The number of unbranched alkanes of at least 4 members (excludes halogenated alkanes) is 1. The summed E-state index contributed by atoms with van der Waals surface area (Å²) in [4.78, 5) is 51.5. The van der Waals surface area contributed by atoms with Gasteiger partial charge in [-0.05, 0) is 69.9 Å². The first-order valence-corrected chi connectivity index (χ1v) is 15.2. The second-order valence-electron chi connectivity index (χ2n) is 11.7. The summed E-state index contributed by atoms with van der Waals surface area (Å²) >= 11 is 0. The molecule has 0 unspecified atom stereocenters. The van der Waals surface area contributed by atoms with Crippen molar-refractivity contribution in [2.24, 2.45) is 11.7 Å². The number of carbonyl (C=O) groups excluding carboxylic acids is 3. The molecule has 7 N–H and O–H groups in total. The van der Waals surface area contributed by atoms with E-state index in [1.165, 1.54) is 6.42 Å². The monoisotopic (exact) mass is 573 g/mol. The molecule has 2 rings (SSSR count). The molecule has 1 saturated carbocycles. The van der Waals surface area contributed by atoms with E-state index in [1.54, 1.807) is 6.92 Å². The van der Waals surface area contributed by atoms with E-state index < -0.39 is 42.0 Å². The number of hydrogen-bond donors (Lipinski definition) is 6. The van der Waals surface area contributed by atoms with Crippen LogP contribution in [0.2, 0.25) is 0 Å². The van der Waals surface area contributed by atoms with E-state index >= 15 is 0 Å². The normalized spacial score (nSPS) is 16.8. The molecule has 1 aliphatic rings. The summed E-state index contributed by atoms with van der Waals surface area (Å²) in [5.41, 5.74) is 6.33. The summed E-state index contributed by atoms with van der Waals surface area (Å²) in [6.45, 7) is 6.27. The van der Waals surface area contributed by atoms with Gasteiger partial charge in [-0.2, -0.15) is 0 Å². The van der Waals surface area contributed by atoms with E-state index in [2.05, 4.69) is 35.1 Å². The van der Waals surface area contributed by atoms with Gasteiger partial charge in [0.1, 0.15) is 18.1 Å². The second kappa shape index (κ2) is 18.5. The molecule has 0 heterocycles. The number of carboxylic acids is 1. The van der Waals surface area contributed by atoms with Crippen LogP contribution in [0.5, 0.6) is 0 Å². The third kappa shape index (κ3) is 13.0. The van der Waals surface area contributed by atoms with Gasteiger partial charge in [0.25, 0.3) is 0 Å². The Morgan fingerprint density at radius 2 is 1.44 bits per heavy atom. The number of carbonyl (C=O) groups is 4. The quantitative estimate of drug-likeness (QED) is 0.147. The summed E-state index contributed by atoms with van der Waals surface area (Å²) in [5.74, 6) is -2.02. The van der Waals surface area contributed by atoms with Gasteiger partial charge in [0.05, 0.1) is 6.04 Å². The van der Waals surface area contributed by atoms with Gasteiger partial charge in [0.15, 0.2) is 0 Å². The van der Waals surface area contributed by atoms with Gasteiger partial charge < -0.3 is 32.1 Å². The van der Waals surface area contributed by atoms with Crippen molar-refractivity contribution in [1.29, 1.82) is 0 Å². The first kappa shape index (κ1) is 34.2. The van der Waals surface area contributed by atoms with E-state index in [9.17, 15) is 24.3 Å². The Morgan fingerprint density at radius 3 is 2.05 bits per heavy atom. The highest BCUT2D eigenvalue weighted by Gasteiger charge is 2.30. The molecular formula is C31H51N5O5. The predicted octanol–water partition coefficient (Wildman–Crippen LogP) is 2.64. The van der Waals surface area contributed by atoms with Crippen molar-refractivity contribution < 1.29 is 24.3 Å². The highest BCUT2D eigenvalue weighted by atomic mass is 16.4. The number of aliphatic carboxylic acids is 1. The third-order valence-electron chi connectivity index (χ3n) is 7.62. The van der Waals surface area contributed by atoms with Crippen molar-refractivity contribution in [3.05, 3.63) is 35.9 Å². The molecule has 230 valence electrons. The summed E-state index contributed by atoms with van der Waals surface area (Å²) in [6, 6.07) is 6.09. The third-order valence-corrected chi connectivity index (χ3v) is 7.62. The van der Waals surface area contributed by atoms with Crippen LogP contribution in [0.15, 0.2) is 30.3 Å². The van der Waals surface area contributed by atoms with Gasteiger partial charge in [-0.1, -0.05) is 63.4 Å². The zero-order chi connectivity index (χ0) is 30.2. The zero-order valence-electron chi connectivity index (χ0n) is 25.0. The molecule has 1 fully saturated rings. The number of nitrogens with two attached hydrogens (primary N) is 1. The van der Waals surface area contributed by atoms with Crippen molar-refractivity contribution in [2.75, 3.05) is 6.54 Å². The molecule has 0 spiro atoms. The topological polar surface area (TPSA) is 163 Å². The van der Waals surface area contributed by atoms with Crippen LogP contribution in [0.4, 0.5) is 0 Å². The van der Waals surface area contributed by atoms with Gasteiger partial charge >= 0.3 is 5.97 Å². The van der Waals surface area contributed by atoms with Crippen molar-refractivity contribution in [3.63, 3.8) is 0 Å². The fourth-order valence-electron chi connectivity index (χ4n) is 5.10. The molecule has 41 heavy (non-hydrogen) atoms. The molecule has 1 aromatic rings. The summed E-state index contributed by atoms with van der Waals surface area (Å²) < 4.78 is 0. The highest BCUT2D eigenvalue weighted by molar-refractivity contribution is 5.94. The molecule has 1 aliphatic carbocycles. The molecule has 0 aliphatic heterocycles. The van der Waals surface area contributed by atoms with Crippen LogP contribution in [-0.2, 0) is 25.6 Å². The Balaban J connectivity index is 2.08. The van der Waals surface area contributed by atoms with E-state index in [0.29, 0.717) is 37.8 Å². The molecule has 4 atom stereocenters. The lowest BCUT2D eigenvalue weighted by Gasteiger charge is -2.29. The van der Waals surface area contributed by atoms with Crippen LogP contribution in [0.3, 0.4) is 0 Å². The van der Waals surface area contributed by atoms with E-state index in [1.807, 2.05) is 30.3 Å². The van der Waals surface area contributed by atoms with Crippen molar-refractivity contribution in [1.82, 2.24) is 21.3 Å². The first-order valence-electron chi connectivity index (χ1n) is 15.2. The largest absolute Gasteiger partial charge is 0.480 e. The number of amides is 3. The first-order chi connectivity index (χ1) is 19.6. The number of benzene rings is 1. The molecule has 1 aromatic carbocycles. The Labute approximate surface area is 245 Å². The molecule has 0 aromatic heterocycles. The van der Waals surface area contributed by atoms with Gasteiger partial charge in [0.2, 0.25) is 17.7 Å². The van der Waals surface area contributed by atoms with Crippen LogP contribution in [0, 0.1) is 5.92 Å². The SMILES string of the molecule is CC(C)CC[C@H](NC1CCCCC1)C(=O)N[C@@H](C)C(=O)N[C@@H](Cc1ccccc1)C(=O)N[C@@H](CCCCN)C(=O)O. The maximum Gasteiger partial charge on any atom is 0.326 e. The van der Waals surface area contributed by atoms with E-state index in [-0.39, 0.29) is 18.7 Å². The van der Waals surface area contributed by atoms with Crippen molar-refractivity contribution in [2.45, 2.75) is 122 Å². The van der Waals surface area contributed by atoms with Crippen LogP contribution in [0.1, 0.15) is 90.5 Å². The average molecular weight is 574 g/mol. The molecule has 0 saturated heterocycles. The Morgan fingerprint density at radius 1 is 0.805 bits per heavy atom. The van der Waals surface area contributed by atoms with Crippen LogP contribution >= 0.6 is 0 Å². The lowest BCUT2D eigenvalue weighted by Crippen LogP contribution is -2.57. The number of carboxylic acid groups (broad SMARTS) is 1.